The summed E-state index contributed by atoms with van der Waals surface area (Å²) in [6, 6.07) is 15.9. The summed E-state index contributed by atoms with van der Waals surface area (Å²) in [5, 5.41) is 13.8. The molecule has 0 atom stereocenters. The number of rotatable bonds is 4. The van der Waals surface area contributed by atoms with Crippen LogP contribution in [0, 0.1) is 5.41 Å². The Hall–Kier alpha value is -1.96. The second kappa shape index (κ2) is 10.9. The molecule has 0 unspecified atom stereocenters. The summed E-state index contributed by atoms with van der Waals surface area (Å²) in [5.41, 5.74) is 3.08. The van der Waals surface area contributed by atoms with E-state index in [2.05, 4.69) is 39.9 Å². The third kappa shape index (κ3) is 7.95. The van der Waals surface area contributed by atoms with Crippen LogP contribution in [0.25, 0.3) is 0 Å². The van der Waals surface area contributed by atoms with Crippen LogP contribution in [0.15, 0.2) is 48.5 Å². The number of aromatic hydroxyl groups is 1. The number of para-hydroxylation sites is 1. The minimum atomic E-state index is -0.0619. The minimum absolute atomic E-state index is 0.0619. The standard InChI is InChI=1S/C20H27NO.2C2H6/c1-19(2,3)14-20(4,5)17-12-11-16(13-18(17)22)21-15-9-7-6-8-10-15;2*1-2/h6-13,21-22H,14H2,1-5H3;2*1-2H3. The Labute approximate surface area is 161 Å². The molecule has 0 aliphatic carbocycles. The van der Waals surface area contributed by atoms with E-state index in [4.69, 9.17) is 0 Å². The van der Waals surface area contributed by atoms with Gasteiger partial charge in [-0.05, 0) is 41.0 Å². The fraction of sp³-hybridized carbons (Fsp3) is 0.500. The van der Waals surface area contributed by atoms with Gasteiger partial charge in [-0.3, -0.25) is 0 Å². The van der Waals surface area contributed by atoms with E-state index >= 15 is 0 Å². The zero-order valence-electron chi connectivity index (χ0n) is 18.3. The van der Waals surface area contributed by atoms with E-state index in [9.17, 15) is 5.11 Å². The monoisotopic (exact) mass is 357 g/mol. The SMILES string of the molecule is CC.CC.CC(C)(C)CC(C)(C)c1ccc(Nc2ccccc2)cc1O. The molecular formula is C24H39NO. The number of phenols is 1. The quantitative estimate of drug-likeness (QED) is 0.582. The lowest BCUT2D eigenvalue weighted by Gasteiger charge is -2.33. The molecule has 146 valence electrons. The zero-order chi connectivity index (χ0) is 20.4. The van der Waals surface area contributed by atoms with Gasteiger partial charge in [-0.15, -0.1) is 0 Å². The van der Waals surface area contributed by atoms with Gasteiger partial charge < -0.3 is 10.4 Å². The zero-order valence-corrected chi connectivity index (χ0v) is 18.3. The first-order chi connectivity index (χ1) is 12.2. The van der Waals surface area contributed by atoms with Gasteiger partial charge in [-0.25, -0.2) is 0 Å². The normalized spacial score (nSPS) is 10.8. The van der Waals surface area contributed by atoms with Crippen LogP contribution >= 0.6 is 0 Å². The minimum Gasteiger partial charge on any atom is -0.508 e. The molecule has 0 heterocycles. The van der Waals surface area contributed by atoms with E-state index in [0.717, 1.165) is 23.4 Å². The number of anilines is 2. The fourth-order valence-electron chi connectivity index (χ4n) is 3.29. The first-order valence-corrected chi connectivity index (χ1v) is 9.83. The summed E-state index contributed by atoms with van der Waals surface area (Å²) in [5.74, 6) is 0.357. The molecule has 0 aliphatic rings. The van der Waals surface area contributed by atoms with Gasteiger partial charge in [-0.1, -0.05) is 86.6 Å². The third-order valence-corrected chi connectivity index (χ3v) is 3.76. The number of nitrogens with one attached hydrogen (secondary N) is 1. The number of benzene rings is 2. The van der Waals surface area contributed by atoms with Crippen molar-refractivity contribution in [2.24, 2.45) is 5.41 Å². The molecule has 0 radical (unpaired) electrons. The second-order valence-corrected chi connectivity index (χ2v) is 7.84. The highest BCUT2D eigenvalue weighted by atomic mass is 16.3. The Morgan fingerprint density at radius 2 is 1.31 bits per heavy atom. The van der Waals surface area contributed by atoms with Crippen LogP contribution in [0.3, 0.4) is 0 Å². The first-order valence-electron chi connectivity index (χ1n) is 9.83. The van der Waals surface area contributed by atoms with Crippen LogP contribution in [-0.2, 0) is 5.41 Å². The van der Waals surface area contributed by atoms with Gasteiger partial charge in [0.25, 0.3) is 0 Å². The Bertz CT molecular complexity index is 624. The predicted molar refractivity (Wildman–Crippen MR) is 118 cm³/mol. The van der Waals surface area contributed by atoms with Gasteiger partial charge in [0.1, 0.15) is 5.75 Å². The molecule has 2 aromatic carbocycles. The second-order valence-electron chi connectivity index (χ2n) is 7.84. The van der Waals surface area contributed by atoms with Crippen molar-refractivity contribution in [2.45, 2.75) is 74.1 Å². The van der Waals surface area contributed by atoms with Crippen LogP contribution in [-0.4, -0.2) is 5.11 Å². The largest absolute Gasteiger partial charge is 0.508 e. The fourth-order valence-corrected chi connectivity index (χ4v) is 3.29. The highest BCUT2D eigenvalue weighted by Crippen LogP contribution is 2.40. The van der Waals surface area contributed by atoms with Crippen LogP contribution in [0.5, 0.6) is 5.75 Å². The van der Waals surface area contributed by atoms with E-state index in [1.807, 2.05) is 76.2 Å². The summed E-state index contributed by atoms with van der Waals surface area (Å²) in [4.78, 5) is 0. The summed E-state index contributed by atoms with van der Waals surface area (Å²) < 4.78 is 0. The van der Waals surface area contributed by atoms with Crippen LogP contribution in [0.4, 0.5) is 11.4 Å². The molecule has 26 heavy (non-hydrogen) atoms. The lowest BCUT2D eigenvalue weighted by Crippen LogP contribution is -2.24. The van der Waals surface area contributed by atoms with Gasteiger partial charge in [0.2, 0.25) is 0 Å². The molecule has 0 fully saturated rings. The third-order valence-electron chi connectivity index (χ3n) is 3.76. The van der Waals surface area contributed by atoms with Crippen molar-refractivity contribution in [1.82, 2.24) is 0 Å². The van der Waals surface area contributed by atoms with Gasteiger partial charge in [-0.2, -0.15) is 0 Å². The maximum atomic E-state index is 10.5. The van der Waals surface area contributed by atoms with Crippen molar-refractivity contribution in [3.63, 3.8) is 0 Å². The Kier molecular flexibility index (Phi) is 10.1. The molecule has 0 bridgehead atoms. The van der Waals surface area contributed by atoms with Crippen LogP contribution < -0.4 is 5.32 Å². The highest BCUT2D eigenvalue weighted by Gasteiger charge is 2.29. The van der Waals surface area contributed by atoms with E-state index < -0.39 is 0 Å². The van der Waals surface area contributed by atoms with Crippen molar-refractivity contribution < 1.29 is 5.11 Å². The number of hydrogen-bond donors (Lipinski definition) is 2. The number of hydrogen-bond acceptors (Lipinski definition) is 2. The smallest absolute Gasteiger partial charge is 0.121 e. The maximum absolute atomic E-state index is 10.5. The van der Waals surface area contributed by atoms with Gasteiger partial charge in [0.05, 0.1) is 0 Å². The predicted octanol–water partition coefficient (Wildman–Crippen LogP) is 7.90. The number of phenolic OH excluding ortho intramolecular Hbond substituents is 1. The summed E-state index contributed by atoms with van der Waals surface area (Å²) >= 11 is 0. The van der Waals surface area contributed by atoms with E-state index in [0.29, 0.717) is 5.75 Å². The average Bonchev–Trinajstić information content (AvgIpc) is 2.57. The van der Waals surface area contributed by atoms with Gasteiger partial charge in [0.15, 0.2) is 0 Å². The lowest BCUT2D eigenvalue weighted by molar-refractivity contribution is 0.278. The molecule has 0 spiro atoms. The Morgan fingerprint density at radius 1 is 0.769 bits per heavy atom. The van der Waals surface area contributed by atoms with Crippen molar-refractivity contribution >= 4 is 11.4 Å². The Morgan fingerprint density at radius 3 is 1.77 bits per heavy atom. The highest BCUT2D eigenvalue weighted by molar-refractivity contribution is 5.62. The van der Waals surface area contributed by atoms with Gasteiger partial charge >= 0.3 is 0 Å². The molecule has 0 saturated carbocycles. The molecular weight excluding hydrogens is 318 g/mol. The lowest BCUT2D eigenvalue weighted by atomic mass is 9.72. The van der Waals surface area contributed by atoms with E-state index in [-0.39, 0.29) is 10.8 Å². The summed E-state index contributed by atoms with van der Waals surface area (Å²) in [6.45, 7) is 19.1. The Balaban J connectivity index is 0.00000146. The maximum Gasteiger partial charge on any atom is 0.121 e. The molecule has 0 amide bonds. The summed E-state index contributed by atoms with van der Waals surface area (Å²) in [6.07, 6.45) is 1.01. The summed E-state index contributed by atoms with van der Waals surface area (Å²) in [7, 11) is 0. The van der Waals surface area contributed by atoms with Crippen molar-refractivity contribution in [3.8, 4) is 5.75 Å². The molecule has 2 heteroatoms. The topological polar surface area (TPSA) is 32.3 Å². The van der Waals surface area contributed by atoms with Crippen molar-refractivity contribution in [3.05, 3.63) is 54.1 Å². The van der Waals surface area contributed by atoms with Crippen molar-refractivity contribution in [2.75, 3.05) is 5.32 Å². The van der Waals surface area contributed by atoms with Crippen LogP contribution in [0.1, 0.15) is 74.3 Å². The average molecular weight is 358 g/mol. The molecule has 2 aromatic rings. The van der Waals surface area contributed by atoms with Gasteiger partial charge in [0, 0.05) is 17.4 Å². The van der Waals surface area contributed by atoms with Crippen molar-refractivity contribution in [1.29, 1.82) is 0 Å². The molecule has 0 aromatic heterocycles. The molecule has 2 rings (SSSR count). The first kappa shape index (κ1) is 24.0. The van der Waals surface area contributed by atoms with Crippen LogP contribution in [0.2, 0.25) is 0 Å². The molecule has 2 N–H and O–H groups in total. The molecule has 2 nitrogen and oxygen atoms in total. The van der Waals surface area contributed by atoms with E-state index in [1.165, 1.54) is 0 Å². The molecule has 0 aliphatic heterocycles. The molecule has 0 saturated heterocycles. The van der Waals surface area contributed by atoms with E-state index in [1.54, 1.807) is 0 Å².